The second kappa shape index (κ2) is 9.62. The van der Waals surface area contributed by atoms with Crippen LogP contribution < -0.4 is 11.1 Å². The van der Waals surface area contributed by atoms with E-state index in [0.717, 1.165) is 4.90 Å². The second-order valence-corrected chi connectivity index (χ2v) is 15.8. The van der Waals surface area contributed by atoms with Crippen LogP contribution in [0.15, 0.2) is 30.3 Å². The van der Waals surface area contributed by atoms with Crippen molar-refractivity contribution in [3.8, 4) is 0 Å². The van der Waals surface area contributed by atoms with Crippen LogP contribution in [0.5, 0.6) is 0 Å². The lowest BCUT2D eigenvalue weighted by Gasteiger charge is -2.46. The van der Waals surface area contributed by atoms with Crippen LogP contribution in [-0.4, -0.2) is 93.7 Å². The fourth-order valence-corrected chi connectivity index (χ4v) is 9.51. The molecule has 13 nitrogen and oxygen atoms in total. The van der Waals surface area contributed by atoms with Crippen molar-refractivity contribution >= 4 is 52.0 Å². The lowest BCUT2D eigenvalue weighted by Crippen LogP contribution is -2.71. The van der Waals surface area contributed by atoms with Gasteiger partial charge in [-0.15, -0.1) is 11.8 Å². The van der Waals surface area contributed by atoms with E-state index in [1.807, 2.05) is 0 Å². The van der Waals surface area contributed by atoms with Gasteiger partial charge in [-0.3, -0.25) is 23.5 Å². The number of hydrogen-bond acceptors (Lipinski definition) is 11. The number of carbonyl (C=O) groups excluding carboxylic acids is 5. The predicted molar refractivity (Wildman–Crippen MR) is 144 cm³/mol. The average Bonchev–Trinajstić information content (AvgIpc) is 3.22. The maximum Gasteiger partial charge on any atom is 0.334 e. The number of amides is 3. The van der Waals surface area contributed by atoms with E-state index in [-0.39, 0.29) is 6.42 Å². The molecule has 0 radical (unpaired) electrons. The number of ether oxygens (including phenoxy) is 2. The molecule has 40 heavy (non-hydrogen) atoms. The first-order valence-electron chi connectivity index (χ1n) is 12.6. The molecule has 5 N–H and O–H groups in total. The lowest BCUT2D eigenvalue weighted by atomic mass is 9.95. The Kier molecular flexibility index (Phi) is 6.89. The SMILES string of the molecule is CC1(C)SC2C(NC(=O)C(N)c3ccccc3)C(=O)N2C1C(=O)OCOC(=O)C1N2C(=O)CC2S(O)(O)C1(C)C. The van der Waals surface area contributed by atoms with Gasteiger partial charge in [-0.1, -0.05) is 30.3 Å². The zero-order valence-corrected chi connectivity index (χ0v) is 23.9. The molecule has 3 amide bonds. The van der Waals surface area contributed by atoms with Gasteiger partial charge in [-0.25, -0.2) is 9.59 Å². The molecule has 4 saturated heterocycles. The quantitative estimate of drug-likeness (QED) is 0.197. The zero-order valence-electron chi connectivity index (χ0n) is 22.3. The minimum atomic E-state index is -3.30. The Morgan fingerprint density at radius 2 is 1.68 bits per heavy atom. The number of fused-ring (bicyclic) bond motifs is 2. The topological polar surface area (TPSA) is 189 Å². The Labute approximate surface area is 236 Å². The van der Waals surface area contributed by atoms with Crippen molar-refractivity contribution in [1.29, 1.82) is 0 Å². The van der Waals surface area contributed by atoms with Crippen molar-refractivity contribution < 1.29 is 42.6 Å². The van der Waals surface area contributed by atoms with E-state index in [2.05, 4.69) is 5.32 Å². The number of hydrogen-bond donors (Lipinski definition) is 4. The number of carbonyl (C=O) groups is 5. The van der Waals surface area contributed by atoms with E-state index in [1.54, 1.807) is 44.2 Å². The van der Waals surface area contributed by atoms with Gasteiger partial charge in [0.2, 0.25) is 24.5 Å². The van der Waals surface area contributed by atoms with Crippen LogP contribution >= 0.6 is 22.4 Å². The van der Waals surface area contributed by atoms with Crippen molar-refractivity contribution in [2.75, 3.05) is 6.79 Å². The highest BCUT2D eigenvalue weighted by Crippen LogP contribution is 2.68. The predicted octanol–water partition coefficient (Wildman–Crippen LogP) is 0.747. The maximum atomic E-state index is 13.1. The average molecular weight is 597 g/mol. The fourth-order valence-electron chi connectivity index (χ4n) is 5.72. The van der Waals surface area contributed by atoms with Gasteiger partial charge in [-0.05, 0) is 33.3 Å². The van der Waals surface area contributed by atoms with Gasteiger partial charge in [0.1, 0.15) is 28.9 Å². The molecule has 1 aromatic rings. The number of nitrogens with two attached hydrogens (primary N) is 1. The molecule has 0 bridgehead atoms. The molecule has 6 unspecified atom stereocenters. The third-order valence-electron chi connectivity index (χ3n) is 8.07. The van der Waals surface area contributed by atoms with Crippen LogP contribution in [0.25, 0.3) is 0 Å². The normalized spacial score (nSPS) is 32.1. The highest BCUT2D eigenvalue weighted by Gasteiger charge is 2.68. The van der Waals surface area contributed by atoms with Gasteiger partial charge in [-0.2, -0.15) is 10.6 Å². The zero-order chi connectivity index (χ0) is 29.4. The lowest BCUT2D eigenvalue weighted by molar-refractivity contribution is -0.181. The smallest absolute Gasteiger partial charge is 0.334 e. The summed E-state index contributed by atoms with van der Waals surface area (Å²) in [5, 5.41) is 1.31. The van der Waals surface area contributed by atoms with Crippen LogP contribution in [0.3, 0.4) is 0 Å². The molecular weight excluding hydrogens is 564 g/mol. The summed E-state index contributed by atoms with van der Waals surface area (Å²) in [5.41, 5.74) is 6.65. The Bertz CT molecular complexity index is 1270. The van der Waals surface area contributed by atoms with Gasteiger partial charge < -0.3 is 30.3 Å². The molecule has 4 heterocycles. The molecular formula is C25H32N4O9S2. The molecule has 0 saturated carbocycles. The molecule has 218 valence electrons. The van der Waals surface area contributed by atoms with Crippen molar-refractivity contribution in [3.63, 3.8) is 0 Å². The second-order valence-electron chi connectivity index (χ2n) is 11.2. The van der Waals surface area contributed by atoms with Gasteiger partial charge >= 0.3 is 11.9 Å². The van der Waals surface area contributed by atoms with Crippen LogP contribution in [0, 0.1) is 0 Å². The molecule has 6 atom stereocenters. The van der Waals surface area contributed by atoms with E-state index < -0.39 is 91.5 Å². The van der Waals surface area contributed by atoms with Crippen LogP contribution in [0.1, 0.15) is 45.7 Å². The summed E-state index contributed by atoms with van der Waals surface area (Å²) in [4.78, 5) is 66.2. The van der Waals surface area contributed by atoms with Crippen molar-refractivity contribution in [1.82, 2.24) is 15.1 Å². The van der Waals surface area contributed by atoms with E-state index in [4.69, 9.17) is 15.2 Å². The molecule has 15 heteroatoms. The van der Waals surface area contributed by atoms with Crippen molar-refractivity contribution in [2.24, 2.45) is 5.73 Å². The minimum Gasteiger partial charge on any atom is -0.426 e. The number of nitrogens with zero attached hydrogens (tertiary/aromatic N) is 2. The van der Waals surface area contributed by atoms with Crippen LogP contribution in [-0.2, 0) is 33.4 Å². The summed E-state index contributed by atoms with van der Waals surface area (Å²) in [6.45, 7) is 5.68. The molecule has 1 aromatic carbocycles. The molecule has 4 fully saturated rings. The summed E-state index contributed by atoms with van der Waals surface area (Å²) in [7, 11) is -3.30. The fraction of sp³-hybridized carbons (Fsp3) is 0.560. The molecule has 0 spiro atoms. The van der Waals surface area contributed by atoms with Crippen molar-refractivity contribution in [2.45, 2.75) is 78.5 Å². The highest BCUT2D eigenvalue weighted by atomic mass is 32.3. The number of esters is 2. The van der Waals surface area contributed by atoms with Gasteiger partial charge in [0.05, 0.1) is 11.2 Å². The maximum absolute atomic E-state index is 13.1. The summed E-state index contributed by atoms with van der Waals surface area (Å²) in [6, 6.07) is 4.65. The molecule has 4 aliphatic heterocycles. The highest BCUT2D eigenvalue weighted by molar-refractivity contribution is 8.26. The van der Waals surface area contributed by atoms with Crippen LogP contribution in [0.4, 0.5) is 0 Å². The van der Waals surface area contributed by atoms with E-state index in [9.17, 15) is 33.1 Å². The third kappa shape index (κ3) is 4.17. The summed E-state index contributed by atoms with van der Waals surface area (Å²) >= 11 is 1.33. The number of β-lactam (4-membered cyclic amide) rings is 2. The Morgan fingerprint density at radius 3 is 2.27 bits per heavy atom. The molecule has 4 aliphatic rings. The van der Waals surface area contributed by atoms with Crippen molar-refractivity contribution in [3.05, 3.63) is 35.9 Å². The number of nitrogens with one attached hydrogen (secondary N) is 1. The molecule has 0 aromatic heterocycles. The monoisotopic (exact) mass is 596 g/mol. The van der Waals surface area contributed by atoms with Gasteiger partial charge in [0.15, 0.2) is 6.04 Å². The first-order valence-corrected chi connectivity index (χ1v) is 15.1. The summed E-state index contributed by atoms with van der Waals surface area (Å²) in [5.74, 6) is -3.11. The third-order valence-corrected chi connectivity index (χ3v) is 12.6. The largest absolute Gasteiger partial charge is 0.426 e. The first kappa shape index (κ1) is 28.7. The molecule has 0 aliphatic carbocycles. The number of benzene rings is 1. The molecule has 5 rings (SSSR count). The summed E-state index contributed by atoms with van der Waals surface area (Å²) < 4.78 is 29.4. The Hall–Kier alpha value is -2.85. The first-order chi connectivity index (χ1) is 18.6. The van der Waals surface area contributed by atoms with Crippen LogP contribution in [0.2, 0.25) is 0 Å². The van der Waals surface area contributed by atoms with Gasteiger partial charge in [0.25, 0.3) is 0 Å². The van der Waals surface area contributed by atoms with E-state index in [1.165, 1.54) is 30.5 Å². The number of thioether (sulfide) groups is 1. The summed E-state index contributed by atoms with van der Waals surface area (Å²) in [6.07, 6.45) is -0.0658. The Morgan fingerprint density at radius 1 is 1.07 bits per heavy atom. The minimum absolute atomic E-state index is 0.0658. The van der Waals surface area contributed by atoms with E-state index in [0.29, 0.717) is 5.56 Å². The van der Waals surface area contributed by atoms with E-state index >= 15 is 0 Å². The standard InChI is InChI=1S/C25H32N4O9S2/c1-24(2)17(29-20(32)16(21(29)39-24)27-19(31)15(26)12-8-6-5-7-9-12)22(33)37-11-38-23(34)18-25(3,4)40(35,36)14-10-13(30)28(14)18/h5-9,14-18,21,35-36H,10-11,26H2,1-4H3,(H,27,31). The van der Waals surface area contributed by atoms with Gasteiger partial charge in [0, 0.05) is 4.75 Å². The Balaban J connectivity index is 1.18. The number of rotatable bonds is 7.